The molecule has 0 amide bonds. The maximum atomic E-state index is 3.63. The molecule has 3 heteroatoms. The first-order valence-corrected chi connectivity index (χ1v) is 6.62. The van der Waals surface area contributed by atoms with E-state index in [0.29, 0.717) is 6.04 Å². The average molecular weight is 227 g/mol. The van der Waals surface area contributed by atoms with Gasteiger partial charge in [0.05, 0.1) is 0 Å². The Labute approximate surface area is 101 Å². The van der Waals surface area contributed by atoms with E-state index in [1.807, 2.05) is 0 Å². The van der Waals surface area contributed by atoms with Crippen molar-refractivity contribution in [3.05, 3.63) is 0 Å². The van der Waals surface area contributed by atoms with Gasteiger partial charge in [0.1, 0.15) is 0 Å². The van der Waals surface area contributed by atoms with Gasteiger partial charge in [0.25, 0.3) is 0 Å². The summed E-state index contributed by atoms with van der Waals surface area (Å²) in [6, 6.07) is 0.631. The van der Waals surface area contributed by atoms with Gasteiger partial charge in [-0.05, 0) is 34.2 Å². The molecular weight excluding hydrogens is 198 g/mol. The lowest BCUT2D eigenvalue weighted by Gasteiger charge is -2.43. The van der Waals surface area contributed by atoms with Crippen molar-refractivity contribution in [2.45, 2.75) is 45.7 Å². The van der Waals surface area contributed by atoms with Gasteiger partial charge in [-0.25, -0.2) is 0 Å². The zero-order chi connectivity index (χ0) is 12.2. The van der Waals surface area contributed by atoms with Crippen molar-refractivity contribution in [3.63, 3.8) is 0 Å². The number of nitrogens with one attached hydrogen (secondary N) is 1. The summed E-state index contributed by atoms with van der Waals surface area (Å²) in [4.78, 5) is 5.02. The van der Waals surface area contributed by atoms with Crippen molar-refractivity contribution in [1.29, 1.82) is 0 Å². The fourth-order valence-corrected chi connectivity index (χ4v) is 2.09. The number of rotatable bonds is 5. The van der Waals surface area contributed by atoms with Crippen LogP contribution in [-0.2, 0) is 0 Å². The zero-order valence-corrected chi connectivity index (χ0v) is 11.7. The van der Waals surface area contributed by atoms with Crippen molar-refractivity contribution in [3.8, 4) is 0 Å². The van der Waals surface area contributed by atoms with E-state index < -0.39 is 0 Å². The van der Waals surface area contributed by atoms with E-state index in [-0.39, 0.29) is 5.54 Å². The van der Waals surface area contributed by atoms with Crippen LogP contribution >= 0.6 is 0 Å². The van der Waals surface area contributed by atoms with E-state index in [4.69, 9.17) is 0 Å². The molecule has 1 aliphatic rings. The fraction of sp³-hybridized carbons (Fsp3) is 1.00. The van der Waals surface area contributed by atoms with E-state index in [1.165, 1.54) is 32.6 Å². The van der Waals surface area contributed by atoms with E-state index in [9.17, 15) is 0 Å². The van der Waals surface area contributed by atoms with Crippen LogP contribution in [0.2, 0.25) is 0 Å². The topological polar surface area (TPSA) is 18.5 Å². The molecule has 0 aromatic rings. The van der Waals surface area contributed by atoms with Gasteiger partial charge in [-0.1, -0.05) is 6.92 Å². The van der Waals surface area contributed by atoms with Gasteiger partial charge in [0.2, 0.25) is 0 Å². The summed E-state index contributed by atoms with van der Waals surface area (Å²) in [6.45, 7) is 15.1. The van der Waals surface area contributed by atoms with E-state index >= 15 is 0 Å². The third-order valence-electron chi connectivity index (χ3n) is 3.85. The number of piperazine rings is 1. The molecule has 1 N–H and O–H groups in total. The maximum Gasteiger partial charge on any atom is 0.0278 e. The molecule has 0 spiro atoms. The van der Waals surface area contributed by atoms with Crippen molar-refractivity contribution < 1.29 is 0 Å². The molecule has 96 valence electrons. The van der Waals surface area contributed by atoms with Crippen LogP contribution in [0.5, 0.6) is 0 Å². The standard InChI is InChI=1S/C13H29N3/c1-6-12(2)14-11-13(3,4)16-9-7-15(5)8-10-16/h12,14H,6-11H2,1-5H3. The van der Waals surface area contributed by atoms with Crippen molar-refractivity contribution in [2.24, 2.45) is 0 Å². The molecule has 1 saturated heterocycles. The predicted molar refractivity (Wildman–Crippen MR) is 70.9 cm³/mol. The monoisotopic (exact) mass is 227 g/mol. The molecule has 0 bridgehead atoms. The summed E-state index contributed by atoms with van der Waals surface area (Å²) >= 11 is 0. The Bertz CT molecular complexity index is 195. The third kappa shape index (κ3) is 4.04. The highest BCUT2D eigenvalue weighted by Crippen LogP contribution is 2.15. The van der Waals surface area contributed by atoms with Crippen LogP contribution in [0.25, 0.3) is 0 Å². The lowest BCUT2D eigenvalue weighted by Crippen LogP contribution is -2.58. The average Bonchev–Trinajstić information content (AvgIpc) is 2.26. The van der Waals surface area contributed by atoms with E-state index in [1.54, 1.807) is 0 Å². The summed E-state index contributed by atoms with van der Waals surface area (Å²) < 4.78 is 0. The minimum Gasteiger partial charge on any atom is -0.312 e. The van der Waals surface area contributed by atoms with Gasteiger partial charge in [0, 0.05) is 44.3 Å². The smallest absolute Gasteiger partial charge is 0.0278 e. The molecule has 1 heterocycles. The quantitative estimate of drug-likeness (QED) is 0.766. The fourth-order valence-electron chi connectivity index (χ4n) is 2.09. The highest BCUT2D eigenvalue weighted by molar-refractivity contribution is 4.87. The van der Waals surface area contributed by atoms with Gasteiger partial charge >= 0.3 is 0 Å². The molecule has 16 heavy (non-hydrogen) atoms. The highest BCUT2D eigenvalue weighted by Gasteiger charge is 2.28. The Morgan fingerprint density at radius 1 is 1.19 bits per heavy atom. The second kappa shape index (κ2) is 5.99. The van der Waals surface area contributed by atoms with Gasteiger partial charge in [-0.15, -0.1) is 0 Å². The molecule has 0 aromatic heterocycles. The van der Waals surface area contributed by atoms with Crippen LogP contribution in [0.3, 0.4) is 0 Å². The SMILES string of the molecule is CCC(C)NCC(C)(C)N1CCN(C)CC1. The first-order chi connectivity index (χ1) is 7.45. The Balaban J connectivity index is 2.37. The van der Waals surface area contributed by atoms with Crippen LogP contribution in [0.1, 0.15) is 34.1 Å². The van der Waals surface area contributed by atoms with Crippen molar-refractivity contribution >= 4 is 0 Å². The summed E-state index contributed by atoms with van der Waals surface area (Å²) in [5.74, 6) is 0. The van der Waals surface area contributed by atoms with Crippen LogP contribution < -0.4 is 5.32 Å². The Morgan fingerprint density at radius 2 is 1.75 bits per heavy atom. The van der Waals surface area contributed by atoms with Crippen molar-refractivity contribution in [1.82, 2.24) is 15.1 Å². The molecule has 1 fully saturated rings. The van der Waals surface area contributed by atoms with Crippen LogP contribution in [-0.4, -0.2) is 61.2 Å². The number of hydrogen-bond acceptors (Lipinski definition) is 3. The number of nitrogens with zero attached hydrogens (tertiary/aromatic N) is 2. The number of likely N-dealkylation sites (N-methyl/N-ethyl adjacent to an activating group) is 1. The first-order valence-electron chi connectivity index (χ1n) is 6.62. The number of hydrogen-bond donors (Lipinski definition) is 1. The first kappa shape index (κ1) is 13.9. The molecule has 1 rings (SSSR count). The highest BCUT2D eigenvalue weighted by atomic mass is 15.3. The Morgan fingerprint density at radius 3 is 2.25 bits per heavy atom. The lowest BCUT2D eigenvalue weighted by molar-refractivity contribution is 0.0604. The molecular formula is C13H29N3. The predicted octanol–water partition coefficient (Wildman–Crippen LogP) is 1.40. The summed E-state index contributed by atoms with van der Waals surface area (Å²) in [5, 5.41) is 3.63. The van der Waals surface area contributed by atoms with E-state index in [0.717, 1.165) is 6.54 Å². The van der Waals surface area contributed by atoms with E-state index in [2.05, 4.69) is 49.9 Å². The summed E-state index contributed by atoms with van der Waals surface area (Å²) in [7, 11) is 2.21. The molecule has 1 unspecified atom stereocenters. The van der Waals surface area contributed by atoms with Gasteiger partial charge in [-0.2, -0.15) is 0 Å². The molecule has 0 saturated carbocycles. The Kier molecular flexibility index (Phi) is 5.22. The van der Waals surface area contributed by atoms with Crippen LogP contribution in [0.15, 0.2) is 0 Å². The largest absolute Gasteiger partial charge is 0.312 e. The molecule has 0 radical (unpaired) electrons. The summed E-state index contributed by atoms with van der Waals surface area (Å²) in [6.07, 6.45) is 1.21. The maximum absolute atomic E-state index is 3.63. The summed E-state index contributed by atoms with van der Waals surface area (Å²) in [5.41, 5.74) is 0.282. The second-order valence-electron chi connectivity index (χ2n) is 5.79. The zero-order valence-electron chi connectivity index (χ0n) is 11.7. The van der Waals surface area contributed by atoms with Crippen molar-refractivity contribution in [2.75, 3.05) is 39.8 Å². The third-order valence-corrected chi connectivity index (χ3v) is 3.85. The minimum absolute atomic E-state index is 0.282. The molecule has 1 aliphatic heterocycles. The lowest BCUT2D eigenvalue weighted by atomic mass is 10.0. The second-order valence-corrected chi connectivity index (χ2v) is 5.79. The molecule has 3 nitrogen and oxygen atoms in total. The van der Waals surface area contributed by atoms with Gasteiger partial charge < -0.3 is 10.2 Å². The molecule has 1 atom stereocenters. The normalized spacial score (nSPS) is 22.3. The minimum atomic E-state index is 0.282. The van der Waals surface area contributed by atoms with Crippen LogP contribution in [0, 0.1) is 0 Å². The van der Waals surface area contributed by atoms with Crippen LogP contribution in [0.4, 0.5) is 0 Å². The van der Waals surface area contributed by atoms with Gasteiger partial charge in [-0.3, -0.25) is 4.90 Å². The Hall–Kier alpha value is -0.120. The molecule has 0 aromatic carbocycles. The molecule has 0 aliphatic carbocycles. The van der Waals surface area contributed by atoms with Gasteiger partial charge in [0.15, 0.2) is 0 Å².